The maximum absolute atomic E-state index is 7.38. The molecule has 3 heteroatoms. The lowest BCUT2D eigenvalue weighted by Crippen LogP contribution is -1.84. The van der Waals surface area contributed by atoms with E-state index in [1.165, 1.54) is 0 Å². The lowest BCUT2D eigenvalue weighted by atomic mass is 10.8. The largest absolute Gasteiger partial charge is 0.382 e. The molecule has 0 atom stereocenters. The second-order valence-corrected chi connectivity index (χ2v) is 1.20. The van der Waals surface area contributed by atoms with Crippen LogP contribution in [0.1, 0.15) is 20.8 Å². The Morgan fingerprint density at radius 2 is 1.33 bits per heavy atom. The Balaban J connectivity index is 0. The third-order valence-electron chi connectivity index (χ3n) is 0.537. The van der Waals surface area contributed by atoms with Gasteiger partial charge >= 0.3 is 0 Å². The van der Waals surface area contributed by atoms with E-state index in [1.54, 1.807) is 6.92 Å². The molecular weight excluding hydrogens is 120 g/mol. The highest BCUT2D eigenvalue weighted by Crippen LogP contribution is 1.64. The maximum Gasteiger partial charge on any atom is 0.0791 e. The predicted molar refractivity (Wildman–Crippen MR) is 36.4 cm³/mol. The van der Waals surface area contributed by atoms with Crippen LogP contribution in [0.3, 0.4) is 0 Å². The van der Waals surface area contributed by atoms with Gasteiger partial charge in [-0.2, -0.15) is 0 Å². The normalized spacial score (nSPS) is 8.00. The molecule has 0 heterocycles. The molecule has 0 bridgehead atoms. The van der Waals surface area contributed by atoms with Crippen molar-refractivity contribution in [3.05, 3.63) is 0 Å². The summed E-state index contributed by atoms with van der Waals surface area (Å²) in [5.74, 6) is 0. The molecule has 3 nitrogen and oxygen atoms in total. The quantitative estimate of drug-likeness (QED) is 0.472. The van der Waals surface area contributed by atoms with Gasteiger partial charge in [-0.15, -0.1) is 0 Å². The van der Waals surface area contributed by atoms with Crippen molar-refractivity contribution in [1.82, 2.24) is 0 Å². The van der Waals surface area contributed by atoms with Gasteiger partial charge in [0.25, 0.3) is 0 Å². The molecule has 0 unspecified atom stereocenters. The molecule has 0 radical (unpaired) electrons. The van der Waals surface area contributed by atoms with Gasteiger partial charge in [0.2, 0.25) is 0 Å². The summed E-state index contributed by atoms with van der Waals surface area (Å²) in [5, 5.41) is 7.38. The van der Waals surface area contributed by atoms with E-state index in [1.807, 2.05) is 13.8 Å². The van der Waals surface area contributed by atoms with Gasteiger partial charge in [0.05, 0.1) is 6.61 Å². The van der Waals surface area contributed by atoms with Crippen LogP contribution in [0.15, 0.2) is 0 Å². The van der Waals surface area contributed by atoms with Crippen LogP contribution in [0.25, 0.3) is 0 Å². The minimum atomic E-state index is 0.375. The highest BCUT2D eigenvalue weighted by atomic mass is 17.1. The highest BCUT2D eigenvalue weighted by molar-refractivity contribution is 4.07. The Morgan fingerprint density at radius 3 is 1.33 bits per heavy atom. The third kappa shape index (κ3) is 32.8. The fraction of sp³-hybridized carbons (Fsp3) is 1.00. The fourth-order valence-electron chi connectivity index (χ4n) is 0.204. The van der Waals surface area contributed by atoms with Crippen molar-refractivity contribution >= 4 is 0 Å². The number of ether oxygens (including phenoxy) is 1. The van der Waals surface area contributed by atoms with Gasteiger partial charge in [-0.1, -0.05) is 0 Å². The van der Waals surface area contributed by atoms with Crippen molar-refractivity contribution in [1.29, 1.82) is 0 Å². The molecule has 0 aromatic carbocycles. The molecule has 0 fully saturated rings. The minimum absolute atomic E-state index is 0.375. The van der Waals surface area contributed by atoms with E-state index in [0.717, 1.165) is 13.2 Å². The zero-order valence-corrected chi connectivity index (χ0v) is 6.39. The number of hydrogen-bond acceptors (Lipinski definition) is 3. The van der Waals surface area contributed by atoms with Gasteiger partial charge in [0.15, 0.2) is 0 Å². The maximum atomic E-state index is 7.38. The van der Waals surface area contributed by atoms with Crippen molar-refractivity contribution in [3.8, 4) is 0 Å². The lowest BCUT2D eigenvalue weighted by molar-refractivity contribution is -0.237. The van der Waals surface area contributed by atoms with E-state index < -0.39 is 0 Å². The van der Waals surface area contributed by atoms with Gasteiger partial charge in [0, 0.05) is 13.2 Å². The van der Waals surface area contributed by atoms with Gasteiger partial charge < -0.3 is 4.74 Å². The predicted octanol–water partition coefficient (Wildman–Crippen LogP) is 1.54. The standard InChI is InChI=1S/C4H10O.C2H6O2/c1-3-5-4-2;1-2-4-3/h3-4H2,1-2H3;3H,2H2,1H3. The number of rotatable bonds is 3. The van der Waals surface area contributed by atoms with Gasteiger partial charge in [0.1, 0.15) is 0 Å². The summed E-state index contributed by atoms with van der Waals surface area (Å²) in [4.78, 5) is 3.54. The summed E-state index contributed by atoms with van der Waals surface area (Å²) in [7, 11) is 0. The van der Waals surface area contributed by atoms with Crippen LogP contribution in [0, 0.1) is 0 Å². The molecular formula is C6H16O3. The molecule has 0 aromatic heterocycles. The Morgan fingerprint density at radius 1 is 1.00 bits per heavy atom. The Hall–Kier alpha value is -0.120. The summed E-state index contributed by atoms with van der Waals surface area (Å²) in [5.41, 5.74) is 0. The fourth-order valence-corrected chi connectivity index (χ4v) is 0.204. The molecule has 0 aliphatic rings. The first-order valence-electron chi connectivity index (χ1n) is 3.17. The van der Waals surface area contributed by atoms with Crippen LogP contribution < -0.4 is 0 Å². The molecule has 0 spiro atoms. The third-order valence-corrected chi connectivity index (χ3v) is 0.537. The average Bonchev–Trinajstić information content (AvgIpc) is 1.91. The Labute approximate surface area is 56.5 Å². The number of hydrogen-bond donors (Lipinski definition) is 1. The summed E-state index contributed by atoms with van der Waals surface area (Å²) >= 11 is 0. The summed E-state index contributed by atoms with van der Waals surface area (Å²) in [6, 6.07) is 0. The molecule has 58 valence electrons. The second kappa shape index (κ2) is 15.7. The molecule has 9 heavy (non-hydrogen) atoms. The van der Waals surface area contributed by atoms with Crippen molar-refractivity contribution in [2.75, 3.05) is 19.8 Å². The molecule has 0 amide bonds. The lowest BCUT2D eigenvalue weighted by Gasteiger charge is -1.86. The van der Waals surface area contributed by atoms with E-state index in [2.05, 4.69) is 4.89 Å². The monoisotopic (exact) mass is 136 g/mol. The zero-order valence-electron chi connectivity index (χ0n) is 6.39. The van der Waals surface area contributed by atoms with Crippen LogP contribution in [-0.2, 0) is 9.62 Å². The summed E-state index contributed by atoms with van der Waals surface area (Å²) < 4.78 is 4.83. The Kier molecular flexibility index (Phi) is 20.3. The molecule has 0 aromatic rings. The minimum Gasteiger partial charge on any atom is -0.382 e. The average molecular weight is 136 g/mol. The molecule has 0 aliphatic heterocycles. The van der Waals surface area contributed by atoms with E-state index in [4.69, 9.17) is 9.99 Å². The zero-order chi connectivity index (χ0) is 7.54. The van der Waals surface area contributed by atoms with Gasteiger partial charge in [-0.25, -0.2) is 4.89 Å². The van der Waals surface area contributed by atoms with E-state index >= 15 is 0 Å². The van der Waals surface area contributed by atoms with Crippen LogP contribution in [0.4, 0.5) is 0 Å². The van der Waals surface area contributed by atoms with Crippen molar-refractivity contribution in [2.24, 2.45) is 0 Å². The molecule has 0 aliphatic carbocycles. The van der Waals surface area contributed by atoms with Gasteiger partial charge in [-0.3, -0.25) is 5.26 Å². The van der Waals surface area contributed by atoms with Crippen LogP contribution >= 0.6 is 0 Å². The SMILES string of the molecule is CCOCC.CCOO. The van der Waals surface area contributed by atoms with E-state index in [9.17, 15) is 0 Å². The van der Waals surface area contributed by atoms with E-state index in [-0.39, 0.29) is 0 Å². The first kappa shape index (κ1) is 11.6. The van der Waals surface area contributed by atoms with Crippen molar-refractivity contribution in [2.45, 2.75) is 20.8 Å². The van der Waals surface area contributed by atoms with Crippen LogP contribution in [0.5, 0.6) is 0 Å². The molecule has 0 saturated carbocycles. The van der Waals surface area contributed by atoms with Crippen LogP contribution in [0.2, 0.25) is 0 Å². The molecule has 1 N–H and O–H groups in total. The molecule has 0 rings (SSSR count). The smallest absolute Gasteiger partial charge is 0.0791 e. The summed E-state index contributed by atoms with van der Waals surface area (Å²) in [6.45, 7) is 7.75. The second-order valence-electron chi connectivity index (χ2n) is 1.20. The van der Waals surface area contributed by atoms with Gasteiger partial charge in [-0.05, 0) is 20.8 Å². The van der Waals surface area contributed by atoms with Crippen molar-refractivity contribution in [3.63, 3.8) is 0 Å². The molecule has 0 saturated heterocycles. The van der Waals surface area contributed by atoms with Crippen molar-refractivity contribution < 1.29 is 14.9 Å². The Bertz CT molecular complexity index is 27.5. The first-order chi connectivity index (χ1) is 4.33. The summed E-state index contributed by atoms with van der Waals surface area (Å²) in [6.07, 6.45) is 0. The first-order valence-corrected chi connectivity index (χ1v) is 3.17. The van der Waals surface area contributed by atoms with Crippen LogP contribution in [-0.4, -0.2) is 25.1 Å². The van der Waals surface area contributed by atoms with E-state index in [0.29, 0.717) is 6.61 Å². The topological polar surface area (TPSA) is 38.7 Å². The highest BCUT2D eigenvalue weighted by Gasteiger charge is 1.64.